The Balaban J connectivity index is 0.000000246. The first kappa shape index (κ1) is 14.5. The zero-order valence-electron chi connectivity index (χ0n) is 7.44. The summed E-state index contributed by atoms with van der Waals surface area (Å²) in [5.74, 6) is 0.324. The zero-order chi connectivity index (χ0) is 9.52. The summed E-state index contributed by atoms with van der Waals surface area (Å²) in [5, 5.41) is 20.1. The van der Waals surface area contributed by atoms with Crippen molar-refractivity contribution in [1.29, 1.82) is 0 Å². The molecule has 0 aromatic heterocycles. The van der Waals surface area contributed by atoms with Crippen LogP contribution in [-0.4, -0.2) is 7.12 Å². The van der Waals surface area contributed by atoms with Crippen LogP contribution in [0.4, 0.5) is 0 Å². The molecule has 0 aromatic carbocycles. The molecule has 0 aliphatic heterocycles. The SMILES string of the molecule is [CH]1[CH][CH][CH][CH]1.[Fe+2].[O-]B([O-])[C]1[CH][CH][CH][CH]1. The number of hydrogen-bond donors (Lipinski definition) is 0. The van der Waals surface area contributed by atoms with E-state index in [4.69, 9.17) is 0 Å². The van der Waals surface area contributed by atoms with E-state index in [1.54, 1.807) is 12.8 Å². The molecule has 2 nitrogen and oxygen atoms in total. The maximum Gasteiger partial charge on any atom is 2.00 e. The fourth-order valence-corrected chi connectivity index (χ4v) is 0.867. The van der Waals surface area contributed by atoms with Crippen molar-refractivity contribution in [1.82, 2.24) is 0 Å². The van der Waals surface area contributed by atoms with Gasteiger partial charge < -0.3 is 10.0 Å². The molecule has 2 aliphatic carbocycles. The van der Waals surface area contributed by atoms with Crippen LogP contribution in [0.1, 0.15) is 0 Å². The van der Waals surface area contributed by atoms with Crippen molar-refractivity contribution in [3.63, 3.8) is 0 Å². The molecule has 2 rings (SSSR count). The molecule has 0 unspecified atom stereocenters. The van der Waals surface area contributed by atoms with Gasteiger partial charge in [0.25, 0.3) is 0 Å². The third-order valence-corrected chi connectivity index (χ3v) is 1.52. The quantitative estimate of drug-likeness (QED) is 0.549. The van der Waals surface area contributed by atoms with Crippen molar-refractivity contribution in [2.45, 2.75) is 0 Å². The van der Waals surface area contributed by atoms with Crippen molar-refractivity contribution in [2.75, 3.05) is 0 Å². The monoisotopic (exact) mass is 228 g/mol. The number of rotatable bonds is 1. The van der Waals surface area contributed by atoms with Gasteiger partial charge in [-0.05, 0) is 57.8 Å². The Kier molecular flexibility index (Phi) is 9.10. The number of hydrogen-bond acceptors (Lipinski definition) is 2. The maximum absolute atomic E-state index is 10.0. The predicted molar refractivity (Wildman–Crippen MR) is 47.7 cm³/mol. The van der Waals surface area contributed by atoms with Gasteiger partial charge in [0.2, 0.25) is 0 Å². The summed E-state index contributed by atoms with van der Waals surface area (Å²) in [6, 6.07) is 0. The van der Waals surface area contributed by atoms with Gasteiger partial charge in [-0.1, -0.05) is 5.82 Å². The van der Waals surface area contributed by atoms with Gasteiger partial charge in [-0.25, -0.2) is 0 Å². The summed E-state index contributed by atoms with van der Waals surface area (Å²) in [6.07, 6.45) is 16.4. The molecule has 2 fully saturated rings. The van der Waals surface area contributed by atoms with Crippen molar-refractivity contribution in [3.05, 3.63) is 63.6 Å². The average Bonchev–Trinajstić information content (AvgIpc) is 2.82. The van der Waals surface area contributed by atoms with Crippen LogP contribution >= 0.6 is 0 Å². The fraction of sp³-hybridized carbons (Fsp3) is 0. The maximum atomic E-state index is 10.0. The van der Waals surface area contributed by atoms with E-state index in [1.807, 2.05) is 32.1 Å². The van der Waals surface area contributed by atoms with Crippen LogP contribution in [0.25, 0.3) is 0 Å². The molecule has 14 heavy (non-hydrogen) atoms. The van der Waals surface area contributed by atoms with E-state index in [1.165, 1.54) is 12.8 Å². The van der Waals surface area contributed by atoms with Gasteiger partial charge in [-0.3, -0.25) is 0 Å². The predicted octanol–water partition coefficient (Wildman–Crippen LogP) is -0.841. The molecule has 0 heterocycles. The molecule has 2 saturated carbocycles. The summed E-state index contributed by atoms with van der Waals surface area (Å²) in [5.41, 5.74) is 0. The molecule has 0 amide bonds. The Hall–Kier alpha value is 0.504. The van der Waals surface area contributed by atoms with E-state index in [0.717, 1.165) is 0 Å². The Bertz CT molecular complexity index is 116. The largest absolute Gasteiger partial charge is 2.00 e. The molecule has 72 valence electrons. The van der Waals surface area contributed by atoms with Crippen molar-refractivity contribution in [3.8, 4) is 0 Å². The molecule has 4 heteroatoms. The summed E-state index contributed by atoms with van der Waals surface area (Å²) < 4.78 is 0. The summed E-state index contributed by atoms with van der Waals surface area (Å²) >= 11 is 0. The minimum Gasteiger partial charge on any atom is -0.893 e. The van der Waals surface area contributed by atoms with Gasteiger partial charge in [-0.2, -0.15) is 0 Å². The Morgan fingerprint density at radius 3 is 1.29 bits per heavy atom. The van der Waals surface area contributed by atoms with Crippen LogP contribution in [0, 0.1) is 63.6 Å². The Labute approximate surface area is 98.1 Å². The molecular weight excluding hydrogens is 219 g/mol. The third-order valence-electron chi connectivity index (χ3n) is 1.52. The van der Waals surface area contributed by atoms with Crippen LogP contribution in [0.5, 0.6) is 0 Å². The van der Waals surface area contributed by atoms with Gasteiger partial charge >= 0.3 is 17.1 Å². The van der Waals surface area contributed by atoms with Gasteiger partial charge in [0.05, 0.1) is 0 Å². The molecule has 0 N–H and O–H groups in total. The molecule has 2 aliphatic rings. The smallest absolute Gasteiger partial charge is 0.893 e. The van der Waals surface area contributed by atoms with E-state index in [-0.39, 0.29) is 17.1 Å². The second kappa shape index (κ2) is 8.78. The van der Waals surface area contributed by atoms with Crippen LogP contribution < -0.4 is 10.0 Å². The van der Waals surface area contributed by atoms with Crippen LogP contribution in [0.3, 0.4) is 0 Å². The van der Waals surface area contributed by atoms with Crippen molar-refractivity contribution >= 4 is 7.12 Å². The molecular formula is C10H9BFeO2. The van der Waals surface area contributed by atoms with Gasteiger partial charge in [0.1, 0.15) is 0 Å². The minimum absolute atomic E-state index is 0. The van der Waals surface area contributed by atoms with Crippen LogP contribution in [-0.2, 0) is 17.1 Å². The average molecular weight is 228 g/mol. The van der Waals surface area contributed by atoms with E-state index in [2.05, 4.69) is 0 Å². The van der Waals surface area contributed by atoms with Gasteiger partial charge in [-0.15, -0.1) is 7.12 Å². The summed E-state index contributed by atoms with van der Waals surface area (Å²) in [6.45, 7) is 0. The van der Waals surface area contributed by atoms with Crippen molar-refractivity contribution < 1.29 is 27.1 Å². The van der Waals surface area contributed by atoms with Crippen LogP contribution in [0.15, 0.2) is 0 Å². The van der Waals surface area contributed by atoms with E-state index in [9.17, 15) is 10.0 Å². The standard InChI is InChI=1S/C5H4BO2.C5H5.Fe/c7-6(8)5-3-1-2-4-5;1-2-4-5-3-1;/h1-4H;1-5H;/q-2;;+2. The Morgan fingerprint density at radius 1 is 0.714 bits per heavy atom. The Morgan fingerprint density at radius 2 is 1.07 bits per heavy atom. The first-order chi connectivity index (χ1) is 6.30. The normalized spacial score (nSPS) is 21.0. The second-order valence-corrected chi connectivity index (χ2v) is 2.51. The molecule has 10 radical (unpaired) electrons. The van der Waals surface area contributed by atoms with Gasteiger partial charge in [0.15, 0.2) is 0 Å². The molecule has 0 bridgehead atoms. The summed E-state index contributed by atoms with van der Waals surface area (Å²) in [4.78, 5) is 0. The van der Waals surface area contributed by atoms with Gasteiger partial charge in [0, 0.05) is 0 Å². The first-order valence-corrected chi connectivity index (χ1v) is 4.00. The first-order valence-electron chi connectivity index (χ1n) is 4.00. The molecule has 0 atom stereocenters. The molecule has 0 spiro atoms. The van der Waals surface area contributed by atoms with E-state index >= 15 is 0 Å². The van der Waals surface area contributed by atoms with Crippen molar-refractivity contribution in [2.24, 2.45) is 0 Å². The molecule has 0 aromatic rings. The minimum atomic E-state index is -1.81. The molecule has 0 saturated heterocycles. The fourth-order valence-electron chi connectivity index (χ4n) is 0.867. The topological polar surface area (TPSA) is 46.1 Å². The van der Waals surface area contributed by atoms with Crippen LogP contribution in [0.2, 0.25) is 0 Å². The zero-order valence-corrected chi connectivity index (χ0v) is 8.55. The third kappa shape index (κ3) is 6.08. The second-order valence-electron chi connectivity index (χ2n) is 2.51. The van der Waals surface area contributed by atoms with E-state index < -0.39 is 7.12 Å². The summed E-state index contributed by atoms with van der Waals surface area (Å²) in [7, 11) is -1.81. The van der Waals surface area contributed by atoms with E-state index in [0.29, 0.717) is 5.82 Å².